The number of benzene rings is 2. The zero-order valence-electron chi connectivity index (χ0n) is 13.2. The van der Waals surface area contributed by atoms with E-state index in [0.29, 0.717) is 12.3 Å². The molecule has 2 aromatic carbocycles. The Labute approximate surface area is 140 Å². The van der Waals surface area contributed by atoms with Crippen molar-refractivity contribution in [2.45, 2.75) is 11.9 Å². The zero-order valence-corrected chi connectivity index (χ0v) is 14.0. The van der Waals surface area contributed by atoms with Crippen LogP contribution in [0.2, 0.25) is 0 Å². The lowest BCUT2D eigenvalue weighted by molar-refractivity contribution is -0.128. The van der Waals surface area contributed by atoms with E-state index in [1.165, 1.54) is 0 Å². The summed E-state index contributed by atoms with van der Waals surface area (Å²) in [5, 5.41) is -0.0384. The maximum atomic E-state index is 12.3. The molecule has 4 nitrogen and oxygen atoms in total. The molecule has 1 unspecified atom stereocenters. The number of ether oxygens (including phenoxy) is 2. The molecule has 0 N–H and O–H groups in total. The van der Waals surface area contributed by atoms with Gasteiger partial charge in [0.15, 0.2) is 0 Å². The third-order valence-electron chi connectivity index (χ3n) is 3.87. The van der Waals surface area contributed by atoms with E-state index >= 15 is 0 Å². The molecule has 0 spiro atoms. The normalized spacial score (nSPS) is 17.4. The molecule has 1 fully saturated rings. The summed E-state index contributed by atoms with van der Waals surface area (Å²) < 4.78 is 10.8. The Morgan fingerprint density at radius 1 is 1.13 bits per heavy atom. The van der Waals surface area contributed by atoms with Crippen molar-refractivity contribution < 1.29 is 14.3 Å². The van der Waals surface area contributed by atoms with E-state index in [1.54, 1.807) is 26.0 Å². The lowest BCUT2D eigenvalue weighted by Gasteiger charge is -2.25. The second-order valence-corrected chi connectivity index (χ2v) is 6.35. The number of nitrogens with zero attached hydrogens (tertiary/aromatic N) is 1. The van der Waals surface area contributed by atoms with Crippen molar-refractivity contribution in [1.29, 1.82) is 0 Å². The average molecular weight is 329 g/mol. The van der Waals surface area contributed by atoms with Crippen molar-refractivity contribution in [2.75, 3.05) is 20.0 Å². The van der Waals surface area contributed by atoms with Gasteiger partial charge in [-0.25, -0.2) is 0 Å². The first-order valence-electron chi connectivity index (χ1n) is 7.40. The molecule has 23 heavy (non-hydrogen) atoms. The summed E-state index contributed by atoms with van der Waals surface area (Å²) in [6.45, 7) is 0.604. The van der Waals surface area contributed by atoms with Gasteiger partial charge in [-0.3, -0.25) is 4.79 Å². The number of hydrogen-bond donors (Lipinski definition) is 0. The number of methoxy groups -OCH3 is 2. The molecule has 3 rings (SSSR count). The van der Waals surface area contributed by atoms with Crippen molar-refractivity contribution in [2.24, 2.45) is 0 Å². The highest BCUT2D eigenvalue weighted by Gasteiger charge is 2.34. The Hall–Kier alpha value is -2.14. The van der Waals surface area contributed by atoms with Crippen LogP contribution in [0.1, 0.15) is 16.5 Å². The van der Waals surface area contributed by atoms with Gasteiger partial charge in [-0.15, -0.1) is 11.8 Å². The second-order valence-electron chi connectivity index (χ2n) is 5.28. The molecule has 5 heteroatoms. The first-order chi connectivity index (χ1) is 11.2. The fourth-order valence-corrected chi connectivity index (χ4v) is 3.90. The molecule has 1 aliphatic rings. The molecule has 120 valence electrons. The third kappa shape index (κ3) is 3.29. The van der Waals surface area contributed by atoms with Crippen molar-refractivity contribution in [3.05, 3.63) is 59.7 Å². The van der Waals surface area contributed by atoms with Crippen LogP contribution in [0.25, 0.3) is 0 Å². The van der Waals surface area contributed by atoms with Crippen LogP contribution in [0.3, 0.4) is 0 Å². The number of hydrogen-bond acceptors (Lipinski definition) is 4. The minimum absolute atomic E-state index is 0.0384. The van der Waals surface area contributed by atoms with Gasteiger partial charge >= 0.3 is 0 Å². The summed E-state index contributed by atoms with van der Waals surface area (Å²) in [5.41, 5.74) is 2.13. The standard InChI is InChI=1S/C18H19NO3S/c1-21-14-8-9-15(16(10-14)22-2)18-19(17(20)12-23-18)11-13-6-4-3-5-7-13/h3-10,18H,11-12H2,1-2H3. The van der Waals surface area contributed by atoms with Crippen molar-refractivity contribution >= 4 is 17.7 Å². The summed E-state index contributed by atoms with van der Waals surface area (Å²) >= 11 is 1.63. The molecule has 1 saturated heterocycles. The Morgan fingerprint density at radius 3 is 2.61 bits per heavy atom. The van der Waals surface area contributed by atoms with Crippen LogP contribution in [-0.2, 0) is 11.3 Å². The van der Waals surface area contributed by atoms with Gasteiger partial charge in [0.25, 0.3) is 0 Å². The Kier molecular flexibility index (Phi) is 4.76. The highest BCUT2D eigenvalue weighted by Crippen LogP contribution is 2.44. The van der Waals surface area contributed by atoms with Crippen LogP contribution in [-0.4, -0.2) is 30.8 Å². The molecule has 0 aromatic heterocycles. The summed E-state index contributed by atoms with van der Waals surface area (Å²) in [5.74, 6) is 2.14. The molecule has 0 aliphatic carbocycles. The van der Waals surface area contributed by atoms with Gasteiger partial charge in [0.05, 0.1) is 20.0 Å². The second kappa shape index (κ2) is 6.96. The maximum absolute atomic E-state index is 12.3. The lowest BCUT2D eigenvalue weighted by atomic mass is 10.1. The van der Waals surface area contributed by atoms with Gasteiger partial charge in [0, 0.05) is 18.2 Å². The van der Waals surface area contributed by atoms with E-state index in [-0.39, 0.29) is 11.3 Å². The van der Waals surface area contributed by atoms with E-state index in [2.05, 4.69) is 0 Å². The van der Waals surface area contributed by atoms with Gasteiger partial charge in [-0.2, -0.15) is 0 Å². The van der Waals surface area contributed by atoms with Gasteiger partial charge in [0.2, 0.25) is 5.91 Å². The zero-order chi connectivity index (χ0) is 16.2. The summed E-state index contributed by atoms with van der Waals surface area (Å²) in [4.78, 5) is 14.2. The first kappa shape index (κ1) is 15.7. The number of amides is 1. The summed E-state index contributed by atoms with van der Waals surface area (Å²) in [6.07, 6.45) is 0. The smallest absolute Gasteiger partial charge is 0.234 e. The quantitative estimate of drug-likeness (QED) is 0.842. The molecule has 1 aliphatic heterocycles. The Bertz CT molecular complexity index is 690. The third-order valence-corrected chi connectivity index (χ3v) is 5.11. The van der Waals surface area contributed by atoms with Crippen molar-refractivity contribution in [1.82, 2.24) is 4.90 Å². The minimum Gasteiger partial charge on any atom is -0.497 e. The molecule has 0 bridgehead atoms. The van der Waals surface area contributed by atoms with Crippen LogP contribution >= 0.6 is 11.8 Å². The molecule has 1 amide bonds. The number of carbonyl (C=O) groups excluding carboxylic acids is 1. The Balaban J connectivity index is 1.90. The number of rotatable bonds is 5. The van der Waals surface area contributed by atoms with E-state index in [1.807, 2.05) is 53.4 Å². The first-order valence-corrected chi connectivity index (χ1v) is 8.44. The Morgan fingerprint density at radius 2 is 1.91 bits per heavy atom. The predicted octanol–water partition coefficient (Wildman–Crippen LogP) is 3.48. The maximum Gasteiger partial charge on any atom is 0.234 e. The SMILES string of the molecule is COc1ccc(C2SCC(=O)N2Cc2ccccc2)c(OC)c1. The van der Waals surface area contributed by atoms with Crippen LogP contribution < -0.4 is 9.47 Å². The molecule has 1 heterocycles. The fourth-order valence-electron chi connectivity index (χ4n) is 2.69. The molecular formula is C18H19NO3S. The number of carbonyl (C=O) groups is 1. The molecular weight excluding hydrogens is 310 g/mol. The highest BCUT2D eigenvalue weighted by molar-refractivity contribution is 8.00. The molecule has 1 atom stereocenters. The monoisotopic (exact) mass is 329 g/mol. The average Bonchev–Trinajstić information content (AvgIpc) is 2.96. The van der Waals surface area contributed by atoms with Crippen molar-refractivity contribution in [3.63, 3.8) is 0 Å². The van der Waals surface area contributed by atoms with Crippen LogP contribution in [0.4, 0.5) is 0 Å². The molecule has 0 radical (unpaired) electrons. The van der Waals surface area contributed by atoms with Crippen LogP contribution in [0.15, 0.2) is 48.5 Å². The van der Waals surface area contributed by atoms with Crippen LogP contribution in [0.5, 0.6) is 11.5 Å². The number of thioether (sulfide) groups is 1. The van der Waals surface area contributed by atoms with Crippen LogP contribution in [0, 0.1) is 0 Å². The lowest BCUT2D eigenvalue weighted by Crippen LogP contribution is -2.27. The predicted molar refractivity (Wildman–Crippen MR) is 91.7 cm³/mol. The highest BCUT2D eigenvalue weighted by atomic mass is 32.2. The molecule has 0 saturated carbocycles. The van der Waals surface area contributed by atoms with Gasteiger partial charge in [-0.05, 0) is 17.7 Å². The van der Waals surface area contributed by atoms with Gasteiger partial charge in [-0.1, -0.05) is 30.3 Å². The summed E-state index contributed by atoms with van der Waals surface area (Å²) in [6, 6.07) is 15.8. The minimum atomic E-state index is -0.0384. The largest absolute Gasteiger partial charge is 0.497 e. The van der Waals surface area contributed by atoms with Gasteiger partial charge in [0.1, 0.15) is 16.9 Å². The van der Waals surface area contributed by atoms with Crippen molar-refractivity contribution in [3.8, 4) is 11.5 Å². The fraction of sp³-hybridized carbons (Fsp3) is 0.278. The van der Waals surface area contributed by atoms with E-state index in [0.717, 1.165) is 22.6 Å². The van der Waals surface area contributed by atoms with E-state index in [9.17, 15) is 4.79 Å². The topological polar surface area (TPSA) is 38.8 Å². The van der Waals surface area contributed by atoms with E-state index in [4.69, 9.17) is 9.47 Å². The summed E-state index contributed by atoms with van der Waals surface area (Å²) in [7, 11) is 3.27. The van der Waals surface area contributed by atoms with Gasteiger partial charge < -0.3 is 14.4 Å². The van der Waals surface area contributed by atoms with E-state index < -0.39 is 0 Å². The molecule has 2 aromatic rings.